The summed E-state index contributed by atoms with van der Waals surface area (Å²) in [5, 5.41) is 8.56. The number of halogens is 3. The minimum absolute atomic E-state index is 0.159. The number of nitriles is 1. The Morgan fingerprint density at radius 2 is 2.20 bits per heavy atom. The molecule has 1 unspecified atom stereocenters. The van der Waals surface area contributed by atoms with Gasteiger partial charge < -0.3 is 4.74 Å². The summed E-state index contributed by atoms with van der Waals surface area (Å²) in [4.78, 5) is 3.58. The maximum atomic E-state index is 12.1. The molecule has 0 fully saturated rings. The fraction of sp³-hybridized carbons (Fsp3) is 0.333. The van der Waals surface area contributed by atoms with Crippen LogP contribution in [0.5, 0.6) is 5.75 Å². The first-order valence-corrected chi connectivity index (χ1v) is 4.03. The Kier molecular flexibility index (Phi) is 3.14. The van der Waals surface area contributed by atoms with Crippen molar-refractivity contribution in [2.24, 2.45) is 0 Å². The van der Waals surface area contributed by atoms with Crippen LogP contribution in [0.15, 0.2) is 18.3 Å². The fourth-order valence-electron chi connectivity index (χ4n) is 0.827. The highest BCUT2D eigenvalue weighted by Gasteiger charge is 2.38. The van der Waals surface area contributed by atoms with E-state index >= 15 is 0 Å². The number of pyridine rings is 1. The Morgan fingerprint density at radius 3 is 2.73 bits per heavy atom. The van der Waals surface area contributed by atoms with Crippen LogP contribution in [0.2, 0.25) is 0 Å². The van der Waals surface area contributed by atoms with Crippen molar-refractivity contribution < 1.29 is 17.9 Å². The molecule has 0 spiro atoms. The molecule has 1 aromatic rings. The molecule has 0 aliphatic rings. The Morgan fingerprint density at radius 1 is 1.53 bits per heavy atom. The number of ether oxygens (including phenoxy) is 1. The second-order valence-electron chi connectivity index (χ2n) is 2.76. The van der Waals surface area contributed by atoms with Crippen molar-refractivity contribution in [2.75, 3.05) is 0 Å². The molecule has 0 aliphatic carbocycles. The lowest BCUT2D eigenvalue weighted by molar-refractivity contribution is -0.189. The molecule has 0 aliphatic heterocycles. The first-order chi connectivity index (χ1) is 6.95. The average molecular weight is 216 g/mol. The summed E-state index contributed by atoms with van der Waals surface area (Å²) in [6, 6.07) is 4.32. The molecule has 1 heterocycles. The van der Waals surface area contributed by atoms with Crippen molar-refractivity contribution in [3.8, 4) is 11.8 Å². The van der Waals surface area contributed by atoms with Gasteiger partial charge in [-0.25, -0.2) is 4.98 Å². The normalized spacial score (nSPS) is 13.0. The van der Waals surface area contributed by atoms with Gasteiger partial charge in [-0.2, -0.15) is 18.4 Å². The monoisotopic (exact) mass is 216 g/mol. The Balaban J connectivity index is 2.86. The highest BCUT2D eigenvalue weighted by molar-refractivity contribution is 5.36. The van der Waals surface area contributed by atoms with Crippen molar-refractivity contribution in [1.82, 2.24) is 4.98 Å². The Labute approximate surface area is 84.1 Å². The first kappa shape index (κ1) is 11.3. The third-order valence-electron chi connectivity index (χ3n) is 1.64. The Hall–Kier alpha value is -1.77. The van der Waals surface area contributed by atoms with Gasteiger partial charge in [-0.15, -0.1) is 0 Å². The van der Waals surface area contributed by atoms with Crippen LogP contribution in [0.3, 0.4) is 0 Å². The predicted octanol–water partition coefficient (Wildman–Crippen LogP) is 2.28. The maximum Gasteiger partial charge on any atom is 0.425 e. The third kappa shape index (κ3) is 2.84. The predicted molar refractivity (Wildman–Crippen MR) is 45.1 cm³/mol. The van der Waals surface area contributed by atoms with Gasteiger partial charge >= 0.3 is 6.18 Å². The molecule has 1 atom stereocenters. The van der Waals surface area contributed by atoms with E-state index in [1.54, 1.807) is 6.07 Å². The summed E-state index contributed by atoms with van der Waals surface area (Å²) >= 11 is 0. The lowest BCUT2D eigenvalue weighted by atomic mass is 10.3. The van der Waals surface area contributed by atoms with Crippen LogP contribution in [0.1, 0.15) is 12.6 Å². The largest absolute Gasteiger partial charge is 0.478 e. The highest BCUT2D eigenvalue weighted by Crippen LogP contribution is 2.25. The van der Waals surface area contributed by atoms with Gasteiger partial charge in [0, 0.05) is 6.20 Å². The van der Waals surface area contributed by atoms with Crippen molar-refractivity contribution >= 4 is 0 Å². The van der Waals surface area contributed by atoms with E-state index in [2.05, 4.69) is 9.72 Å². The molecule has 80 valence electrons. The molecule has 0 N–H and O–H groups in total. The van der Waals surface area contributed by atoms with Gasteiger partial charge in [-0.3, -0.25) is 0 Å². The van der Waals surface area contributed by atoms with Gasteiger partial charge in [0.2, 0.25) is 0 Å². The quantitative estimate of drug-likeness (QED) is 0.761. The summed E-state index contributed by atoms with van der Waals surface area (Å²) in [5.41, 5.74) is -0.159. The van der Waals surface area contributed by atoms with Crippen molar-refractivity contribution in [3.05, 3.63) is 24.0 Å². The standard InChI is InChI=1S/C9H7F3N2O/c1-6(9(10,11)12)15-8-3-2-4-14-7(8)5-13/h2-4,6H,1H3. The minimum Gasteiger partial charge on any atom is -0.478 e. The van der Waals surface area contributed by atoms with E-state index in [-0.39, 0.29) is 11.4 Å². The summed E-state index contributed by atoms with van der Waals surface area (Å²) in [7, 11) is 0. The molecule has 1 aromatic heterocycles. The Bertz CT molecular complexity index is 384. The second kappa shape index (κ2) is 4.17. The smallest absolute Gasteiger partial charge is 0.425 e. The summed E-state index contributed by atoms with van der Waals surface area (Å²) in [5.74, 6) is -0.162. The number of rotatable bonds is 2. The van der Waals surface area contributed by atoms with Gasteiger partial charge in [0.25, 0.3) is 0 Å². The van der Waals surface area contributed by atoms with Crippen LogP contribution in [0, 0.1) is 11.3 Å². The van der Waals surface area contributed by atoms with Crippen molar-refractivity contribution in [3.63, 3.8) is 0 Å². The molecule has 0 radical (unpaired) electrons. The topological polar surface area (TPSA) is 45.9 Å². The molecule has 3 nitrogen and oxygen atoms in total. The molecular formula is C9H7F3N2O. The van der Waals surface area contributed by atoms with Crippen LogP contribution in [-0.2, 0) is 0 Å². The molecule has 1 rings (SSSR count). The molecule has 0 saturated carbocycles. The van der Waals surface area contributed by atoms with Gasteiger partial charge in [-0.05, 0) is 19.1 Å². The van der Waals surface area contributed by atoms with Gasteiger partial charge in [0.15, 0.2) is 17.5 Å². The second-order valence-corrected chi connectivity index (χ2v) is 2.76. The number of alkyl halides is 3. The molecule has 0 bridgehead atoms. The van der Waals surface area contributed by atoms with E-state index in [0.29, 0.717) is 0 Å². The van der Waals surface area contributed by atoms with E-state index in [1.165, 1.54) is 18.3 Å². The molecule has 6 heteroatoms. The van der Waals surface area contributed by atoms with Crippen LogP contribution >= 0.6 is 0 Å². The lowest BCUT2D eigenvalue weighted by Crippen LogP contribution is -2.31. The molecule has 0 aromatic carbocycles. The highest BCUT2D eigenvalue weighted by atomic mass is 19.4. The van der Waals surface area contributed by atoms with Crippen molar-refractivity contribution in [1.29, 1.82) is 5.26 Å². The molecule has 0 saturated heterocycles. The number of hydrogen-bond acceptors (Lipinski definition) is 3. The van der Waals surface area contributed by atoms with E-state index in [9.17, 15) is 13.2 Å². The summed E-state index contributed by atoms with van der Waals surface area (Å²) in [6.07, 6.45) is -5.11. The van der Waals surface area contributed by atoms with Gasteiger partial charge in [-0.1, -0.05) is 0 Å². The van der Waals surface area contributed by atoms with E-state index in [1.807, 2.05) is 0 Å². The number of aromatic nitrogens is 1. The van der Waals surface area contributed by atoms with E-state index < -0.39 is 12.3 Å². The molecule has 15 heavy (non-hydrogen) atoms. The maximum absolute atomic E-state index is 12.1. The zero-order chi connectivity index (χ0) is 11.5. The van der Waals surface area contributed by atoms with Crippen LogP contribution in [0.4, 0.5) is 13.2 Å². The zero-order valence-electron chi connectivity index (χ0n) is 7.75. The van der Waals surface area contributed by atoms with Gasteiger partial charge in [0.1, 0.15) is 6.07 Å². The van der Waals surface area contributed by atoms with Crippen LogP contribution in [0.25, 0.3) is 0 Å². The fourth-order valence-corrected chi connectivity index (χ4v) is 0.827. The van der Waals surface area contributed by atoms with Crippen molar-refractivity contribution in [2.45, 2.75) is 19.2 Å². The number of nitrogens with zero attached hydrogens (tertiary/aromatic N) is 2. The average Bonchev–Trinajstić information content (AvgIpc) is 2.17. The van der Waals surface area contributed by atoms with Crippen LogP contribution < -0.4 is 4.74 Å². The first-order valence-electron chi connectivity index (χ1n) is 4.03. The SMILES string of the molecule is CC(Oc1cccnc1C#N)C(F)(F)F. The zero-order valence-corrected chi connectivity index (χ0v) is 7.75. The van der Waals surface area contributed by atoms with E-state index in [4.69, 9.17) is 5.26 Å². The third-order valence-corrected chi connectivity index (χ3v) is 1.64. The van der Waals surface area contributed by atoms with Gasteiger partial charge in [0.05, 0.1) is 0 Å². The van der Waals surface area contributed by atoms with Crippen LogP contribution in [-0.4, -0.2) is 17.3 Å². The summed E-state index contributed by atoms with van der Waals surface area (Å²) < 4.78 is 41.0. The lowest BCUT2D eigenvalue weighted by Gasteiger charge is -2.17. The minimum atomic E-state index is -4.46. The molecular weight excluding hydrogens is 209 g/mol. The number of hydrogen-bond donors (Lipinski definition) is 0. The summed E-state index contributed by atoms with van der Waals surface area (Å²) in [6.45, 7) is 0.869. The molecule has 0 amide bonds. The van der Waals surface area contributed by atoms with E-state index in [0.717, 1.165) is 6.92 Å².